The number of hydrogen-bond acceptors (Lipinski definition) is 3. The summed E-state index contributed by atoms with van der Waals surface area (Å²) in [5.74, 6) is -0.724. The fraction of sp³-hybridized carbons (Fsp3) is 0.154. The second-order valence-electron chi connectivity index (χ2n) is 7.89. The normalized spacial score (nSPS) is 13.9. The Morgan fingerprint density at radius 2 is 1.52 bits per heavy atom. The molecule has 1 aliphatic heterocycles. The average molecular weight is 431 g/mol. The largest absolute Gasteiger partial charge is 0.350 e. The van der Waals surface area contributed by atoms with Crippen molar-refractivity contribution in [2.45, 2.75) is 27.7 Å². The lowest BCUT2D eigenvalue weighted by molar-refractivity contribution is -0.120. The molecule has 4 nitrogen and oxygen atoms in total. The fourth-order valence-electron chi connectivity index (χ4n) is 3.84. The lowest BCUT2D eigenvalue weighted by Crippen LogP contribution is -2.33. The first-order chi connectivity index (χ1) is 14.8. The van der Waals surface area contributed by atoms with Gasteiger partial charge in [-0.15, -0.1) is 0 Å². The van der Waals surface area contributed by atoms with Crippen LogP contribution in [0.3, 0.4) is 0 Å². The summed E-state index contributed by atoms with van der Waals surface area (Å²) in [4.78, 5) is 28.4. The minimum Gasteiger partial charge on any atom is -0.350 e. The molecule has 3 aromatic rings. The zero-order valence-electron chi connectivity index (χ0n) is 17.9. The lowest BCUT2D eigenvalue weighted by Gasteiger charge is -2.18. The molecule has 0 saturated carbocycles. The first kappa shape index (κ1) is 20.9. The highest BCUT2D eigenvalue weighted by atomic mass is 35.5. The molecule has 4 rings (SSSR count). The van der Waals surface area contributed by atoms with Crippen molar-refractivity contribution in [3.8, 4) is 0 Å². The van der Waals surface area contributed by atoms with Gasteiger partial charge in [-0.3, -0.25) is 9.59 Å². The summed E-state index contributed by atoms with van der Waals surface area (Å²) in [5.41, 5.74) is 6.40. The van der Waals surface area contributed by atoms with Crippen molar-refractivity contribution in [1.82, 2.24) is 0 Å². The highest BCUT2D eigenvalue weighted by Crippen LogP contribution is 2.36. The van der Waals surface area contributed by atoms with Gasteiger partial charge in [0.15, 0.2) is 0 Å². The number of carbonyl (C=O) groups is 2. The van der Waals surface area contributed by atoms with Crippen LogP contribution in [0.4, 0.5) is 11.4 Å². The molecule has 3 aromatic carbocycles. The maximum atomic E-state index is 13.6. The van der Waals surface area contributed by atoms with Gasteiger partial charge >= 0.3 is 0 Å². The predicted octanol–water partition coefficient (Wildman–Crippen LogP) is 5.97. The van der Waals surface area contributed by atoms with Crippen LogP contribution in [-0.2, 0) is 9.59 Å². The first-order valence-electron chi connectivity index (χ1n) is 10.1. The second kappa shape index (κ2) is 8.05. The molecule has 0 saturated heterocycles. The van der Waals surface area contributed by atoms with E-state index in [-0.39, 0.29) is 17.5 Å². The summed E-state index contributed by atoms with van der Waals surface area (Å²) in [5, 5.41) is 3.77. The average Bonchev–Trinajstić information content (AvgIpc) is 2.95. The van der Waals surface area contributed by atoms with Crippen LogP contribution < -0.4 is 10.2 Å². The Balaban J connectivity index is 1.88. The van der Waals surface area contributed by atoms with Gasteiger partial charge in [-0.25, -0.2) is 4.90 Å². The number of nitrogens with one attached hydrogen (secondary N) is 1. The van der Waals surface area contributed by atoms with E-state index < -0.39 is 0 Å². The highest BCUT2D eigenvalue weighted by Gasteiger charge is 2.41. The number of halogens is 1. The van der Waals surface area contributed by atoms with E-state index in [2.05, 4.69) is 5.32 Å². The number of anilines is 2. The molecule has 0 radical (unpaired) electrons. The third-order valence-corrected chi connectivity index (χ3v) is 5.94. The molecule has 2 amide bonds. The van der Waals surface area contributed by atoms with Crippen LogP contribution in [0.25, 0.3) is 5.57 Å². The summed E-state index contributed by atoms with van der Waals surface area (Å²) in [7, 11) is 0. The number of benzene rings is 3. The highest BCUT2D eigenvalue weighted by molar-refractivity contribution is 6.46. The Kier molecular flexibility index (Phi) is 5.42. The molecule has 31 heavy (non-hydrogen) atoms. The van der Waals surface area contributed by atoms with Gasteiger partial charge in [0.1, 0.15) is 5.70 Å². The predicted molar refractivity (Wildman–Crippen MR) is 126 cm³/mol. The van der Waals surface area contributed by atoms with Gasteiger partial charge in [0.2, 0.25) is 0 Å². The molecule has 1 heterocycles. The molecule has 0 atom stereocenters. The topological polar surface area (TPSA) is 49.4 Å². The van der Waals surface area contributed by atoms with Gasteiger partial charge in [-0.05, 0) is 68.1 Å². The minimum atomic E-state index is -0.383. The summed E-state index contributed by atoms with van der Waals surface area (Å²) >= 11 is 6.29. The first-order valence-corrected chi connectivity index (χ1v) is 10.4. The van der Waals surface area contributed by atoms with E-state index in [1.807, 2.05) is 76.2 Å². The maximum absolute atomic E-state index is 13.6. The van der Waals surface area contributed by atoms with Crippen LogP contribution in [0, 0.1) is 27.7 Å². The van der Waals surface area contributed by atoms with E-state index in [4.69, 9.17) is 11.6 Å². The van der Waals surface area contributed by atoms with Crippen LogP contribution in [0.2, 0.25) is 5.02 Å². The van der Waals surface area contributed by atoms with Crippen LogP contribution in [0.5, 0.6) is 0 Å². The Hall–Kier alpha value is -3.37. The SMILES string of the molecule is Cc1ccc(C2=C(Nc3ccc(C)c(Cl)c3)C(=O)N(c3ccccc3C)C2=O)c(C)c1. The van der Waals surface area contributed by atoms with Crippen molar-refractivity contribution in [2.24, 2.45) is 0 Å². The van der Waals surface area contributed by atoms with Crippen molar-refractivity contribution in [3.05, 3.63) is 99.2 Å². The van der Waals surface area contributed by atoms with Gasteiger partial charge < -0.3 is 5.32 Å². The molecule has 5 heteroatoms. The summed E-state index contributed by atoms with van der Waals surface area (Å²) in [6, 6.07) is 18.7. The monoisotopic (exact) mass is 430 g/mol. The van der Waals surface area contributed by atoms with E-state index in [0.717, 1.165) is 27.8 Å². The Morgan fingerprint density at radius 3 is 2.19 bits per heavy atom. The fourth-order valence-corrected chi connectivity index (χ4v) is 4.02. The number of imide groups is 1. The van der Waals surface area contributed by atoms with E-state index in [0.29, 0.717) is 22.0 Å². The molecule has 156 valence electrons. The van der Waals surface area contributed by atoms with Crippen molar-refractivity contribution in [1.29, 1.82) is 0 Å². The maximum Gasteiger partial charge on any atom is 0.282 e. The summed E-state index contributed by atoms with van der Waals surface area (Å²) < 4.78 is 0. The van der Waals surface area contributed by atoms with Crippen LogP contribution in [0.1, 0.15) is 27.8 Å². The summed E-state index contributed by atoms with van der Waals surface area (Å²) in [6.07, 6.45) is 0. The Labute approximate surface area is 187 Å². The Morgan fingerprint density at radius 1 is 0.774 bits per heavy atom. The molecule has 1 N–H and O–H groups in total. The minimum absolute atomic E-state index is 0.250. The van der Waals surface area contributed by atoms with Crippen molar-refractivity contribution < 1.29 is 9.59 Å². The molecule has 0 fully saturated rings. The standard InChI is InChI=1S/C26H23ClN2O2/c1-15-9-12-20(18(4)13-15)23-24(28-19-11-10-16(2)21(27)14-19)26(31)29(25(23)30)22-8-6-5-7-17(22)3/h5-14,28H,1-4H3. The van der Waals surface area contributed by atoms with Crippen molar-refractivity contribution in [2.75, 3.05) is 10.2 Å². The zero-order chi connectivity index (χ0) is 22.3. The third-order valence-electron chi connectivity index (χ3n) is 5.53. The number of nitrogens with zero attached hydrogens (tertiary/aromatic N) is 1. The van der Waals surface area contributed by atoms with Crippen molar-refractivity contribution in [3.63, 3.8) is 0 Å². The quantitative estimate of drug-likeness (QED) is 0.518. The molecule has 0 spiro atoms. The van der Waals surface area contributed by atoms with Gasteiger partial charge in [0.25, 0.3) is 11.8 Å². The number of hydrogen-bond donors (Lipinski definition) is 1. The summed E-state index contributed by atoms with van der Waals surface area (Å²) in [6.45, 7) is 7.75. The molecular formula is C26H23ClN2O2. The number of amides is 2. The molecular weight excluding hydrogens is 408 g/mol. The molecule has 0 bridgehead atoms. The van der Waals surface area contributed by atoms with Gasteiger partial charge in [0, 0.05) is 10.7 Å². The van der Waals surface area contributed by atoms with Gasteiger partial charge in [0.05, 0.1) is 11.3 Å². The van der Waals surface area contributed by atoms with Gasteiger partial charge in [-0.1, -0.05) is 59.6 Å². The lowest BCUT2D eigenvalue weighted by atomic mass is 9.97. The molecule has 0 aliphatic carbocycles. The second-order valence-corrected chi connectivity index (χ2v) is 8.30. The van der Waals surface area contributed by atoms with E-state index in [1.54, 1.807) is 12.1 Å². The van der Waals surface area contributed by atoms with Crippen LogP contribution in [-0.4, -0.2) is 11.8 Å². The Bertz CT molecular complexity index is 1260. The molecule has 0 unspecified atom stereocenters. The number of rotatable bonds is 4. The third kappa shape index (κ3) is 3.75. The van der Waals surface area contributed by atoms with E-state index in [9.17, 15) is 9.59 Å². The molecule has 1 aliphatic rings. The molecule has 0 aromatic heterocycles. The van der Waals surface area contributed by atoms with Gasteiger partial charge in [-0.2, -0.15) is 0 Å². The number of carbonyl (C=O) groups excluding carboxylic acids is 2. The number of para-hydroxylation sites is 1. The van der Waals surface area contributed by atoms with E-state index in [1.165, 1.54) is 4.90 Å². The smallest absolute Gasteiger partial charge is 0.282 e. The van der Waals surface area contributed by atoms with Crippen LogP contribution >= 0.6 is 11.6 Å². The number of aryl methyl sites for hydroxylation is 4. The van der Waals surface area contributed by atoms with E-state index >= 15 is 0 Å². The zero-order valence-corrected chi connectivity index (χ0v) is 18.7. The van der Waals surface area contributed by atoms with Crippen molar-refractivity contribution >= 4 is 40.4 Å². The van der Waals surface area contributed by atoms with Crippen LogP contribution in [0.15, 0.2) is 66.4 Å².